The molecule has 20 nitrogen and oxygen atoms in total. The van der Waals surface area contributed by atoms with E-state index in [4.69, 9.17) is 32.9 Å². The zero-order chi connectivity index (χ0) is 52.6. The van der Waals surface area contributed by atoms with Gasteiger partial charge in [-0.05, 0) is 68.7 Å². The number of hydrogen-bond acceptors (Lipinski definition) is 15. The van der Waals surface area contributed by atoms with Crippen molar-refractivity contribution in [3.63, 3.8) is 0 Å². The van der Waals surface area contributed by atoms with Crippen molar-refractivity contribution < 1.29 is 47.0 Å². The lowest BCUT2D eigenvalue weighted by molar-refractivity contribution is -0.125. The number of hydrogen-bond donors (Lipinski definition) is 4. The molecule has 3 aromatic carbocycles. The van der Waals surface area contributed by atoms with E-state index < -0.39 is 104 Å². The molecule has 0 saturated carbocycles. The number of carbonyl (C=O) groups excluding carboxylic acids is 1. The van der Waals surface area contributed by atoms with Crippen LogP contribution in [0.5, 0.6) is 11.5 Å². The predicted octanol–water partition coefficient (Wildman–Crippen LogP) is 4.49. The number of aromatic nitrogens is 4. The number of amides is 1. The molecule has 73 heavy (non-hydrogen) atoms. The van der Waals surface area contributed by atoms with Crippen LogP contribution in [-0.2, 0) is 33.9 Å². The minimum absolute atomic E-state index is 0.129. The van der Waals surface area contributed by atoms with Gasteiger partial charge in [0.2, 0.25) is 5.91 Å². The van der Waals surface area contributed by atoms with Gasteiger partial charge >= 0.3 is 11.4 Å². The average molecular weight is 1030 g/mol. The molecule has 2 fully saturated rings. The smallest absolute Gasteiger partial charge is 0.330 e. The fraction of sp³-hybridized carbons (Fsp3) is 0.451. The van der Waals surface area contributed by atoms with E-state index in [1.54, 1.807) is 18.9 Å². The van der Waals surface area contributed by atoms with Crippen molar-refractivity contribution in [1.82, 2.24) is 29.1 Å². The summed E-state index contributed by atoms with van der Waals surface area (Å²) in [6, 6.07) is 28.3. The van der Waals surface area contributed by atoms with Crippen LogP contribution in [-0.4, -0.2) is 112 Å². The highest BCUT2D eigenvalue weighted by Gasteiger charge is 2.52. The molecule has 0 bridgehead atoms. The van der Waals surface area contributed by atoms with Gasteiger partial charge in [-0.3, -0.25) is 33.5 Å². The molecule has 5 aromatic rings. The molecule has 2 aliphatic heterocycles. The van der Waals surface area contributed by atoms with E-state index in [0.29, 0.717) is 22.6 Å². The number of nitrogens with zero attached hydrogens (tertiary/aromatic N) is 4. The first-order valence-corrected chi connectivity index (χ1v) is 24.9. The third-order valence-corrected chi connectivity index (χ3v) is 14.9. The molecule has 2 aromatic heterocycles. The monoisotopic (exact) mass is 1030 g/mol. The quantitative estimate of drug-likeness (QED) is 0.0551. The number of H-pyrrole nitrogens is 2. The van der Waals surface area contributed by atoms with Gasteiger partial charge in [-0.25, -0.2) is 18.6 Å². The third-order valence-electron chi connectivity index (χ3n) is 13.2. The molecule has 7 rings (SSSR count). The summed E-state index contributed by atoms with van der Waals surface area (Å²) in [5, 5.41) is 13.3. The van der Waals surface area contributed by atoms with Crippen molar-refractivity contribution in [3.8, 4) is 17.6 Å². The minimum atomic E-state index is -2.21. The van der Waals surface area contributed by atoms with Gasteiger partial charge in [0.15, 0.2) is 18.6 Å². The predicted molar refractivity (Wildman–Crippen MR) is 265 cm³/mol. The van der Waals surface area contributed by atoms with Crippen LogP contribution in [0.4, 0.5) is 4.39 Å². The van der Waals surface area contributed by atoms with E-state index in [2.05, 4.69) is 21.4 Å². The third kappa shape index (κ3) is 11.9. The van der Waals surface area contributed by atoms with Crippen LogP contribution in [0.3, 0.4) is 0 Å². The number of benzene rings is 3. The van der Waals surface area contributed by atoms with Gasteiger partial charge in [0.1, 0.15) is 23.2 Å². The lowest BCUT2D eigenvalue weighted by Crippen LogP contribution is -2.43. The Bertz CT molecular complexity index is 2860. The van der Waals surface area contributed by atoms with Gasteiger partial charge in [-0.15, -0.1) is 0 Å². The summed E-state index contributed by atoms with van der Waals surface area (Å²) < 4.78 is 63.5. The normalized spacial score (nSPS) is 22.8. The molecule has 4 heterocycles. The van der Waals surface area contributed by atoms with E-state index >= 15 is 4.39 Å². The Labute approximate surface area is 421 Å². The molecular weight excluding hydrogens is 969 g/mol. The first-order valence-electron chi connectivity index (χ1n) is 23.7. The highest BCUT2D eigenvalue weighted by molar-refractivity contribution is 7.43. The van der Waals surface area contributed by atoms with Gasteiger partial charge in [0.05, 0.1) is 51.6 Å². The van der Waals surface area contributed by atoms with E-state index in [1.807, 2.05) is 107 Å². The number of aromatic amines is 2. The van der Waals surface area contributed by atoms with Crippen LogP contribution < -0.4 is 37.3 Å². The van der Waals surface area contributed by atoms with Crippen molar-refractivity contribution in [2.45, 2.75) is 88.7 Å². The number of alkyl halides is 1. The maximum absolute atomic E-state index is 16.9. The summed E-state index contributed by atoms with van der Waals surface area (Å²) in [6.07, 6.45) is -6.00. The number of nitrogens with one attached hydrogen (secondary N) is 3. The summed E-state index contributed by atoms with van der Waals surface area (Å²) in [4.78, 5) is 80.3. The maximum atomic E-state index is 16.9. The molecule has 10 atom stereocenters. The zero-order valence-electron chi connectivity index (χ0n) is 41.5. The largest absolute Gasteiger partial charge is 0.497 e. The molecule has 2 unspecified atom stereocenters. The Hall–Kier alpha value is -6.34. The number of ether oxygens (including phenoxy) is 6. The molecule has 2 saturated heterocycles. The second-order valence-electron chi connectivity index (χ2n) is 18.2. The molecule has 0 spiro atoms. The molecule has 0 aliphatic carbocycles. The highest BCUT2D eigenvalue weighted by Crippen LogP contribution is 2.46. The Morgan fingerprint density at radius 2 is 1.33 bits per heavy atom. The lowest BCUT2D eigenvalue weighted by atomic mass is 9.79. The van der Waals surface area contributed by atoms with Crippen LogP contribution in [0.2, 0.25) is 0 Å². The number of nitriles is 1. The number of carbonyl (C=O) groups is 1. The van der Waals surface area contributed by atoms with Crippen LogP contribution in [0.15, 0.2) is 123 Å². The standard InChI is InChI=1S/C51H61FN7O13P/c1-30(2)59(31(3)4)73(65)70-28-32(26-53)44-39(71-47(45(44)52)57-23-21-41(60)55-49(57)63)27-54-43(62)25-38-40(72-48(46(38)68-7)58-24-22-42(61)56-50(58)64)29-69-51(33-11-9-8-10-12-33,34-13-17-36(66-5)18-14-34)35-15-19-37(67-6)20-16-35/h8-24,30-32,38-40,44-48,65H,25,27-29H2,1-7H3,(H,54,62)(H,55,60,63)(H,56,61,64)/t32?,38-,39+,40-,44-,45-,46-,47-,48-,73?/m1/s1. The first kappa shape index (κ1) is 54.4. The van der Waals surface area contributed by atoms with Crippen molar-refractivity contribution in [1.29, 1.82) is 5.26 Å². The Balaban J connectivity index is 1.21. The Kier molecular flexibility index (Phi) is 18.0. The second kappa shape index (κ2) is 24.1. The molecule has 0 radical (unpaired) electrons. The van der Waals surface area contributed by atoms with Crippen molar-refractivity contribution in [2.24, 2.45) is 17.8 Å². The van der Waals surface area contributed by atoms with Crippen LogP contribution in [0, 0.1) is 29.1 Å². The molecule has 2 aliphatic rings. The van der Waals surface area contributed by atoms with E-state index in [0.717, 1.165) is 28.5 Å². The van der Waals surface area contributed by atoms with E-state index in [1.165, 1.54) is 17.9 Å². The molecule has 22 heteroatoms. The Morgan fingerprint density at radius 1 is 0.808 bits per heavy atom. The SMILES string of the molecule is COc1ccc(C(OC[C@H]2O[C@@H](n3ccc(=O)[nH]c3=O)[C@H](OC)[C@@H]2CC(=O)NC[C@@H]2O[C@@H](n3ccc(=O)[nH]c3=O)[C@H](F)[C@@H]2C(C#N)COP(O)N(C(C)C)C(C)C)(c2ccccc2)c2ccc(OC)cc2)cc1. The fourth-order valence-electron chi connectivity index (χ4n) is 9.81. The average Bonchev–Trinajstić information content (AvgIpc) is 3.89. The zero-order valence-corrected chi connectivity index (χ0v) is 42.3. The number of halogens is 1. The first-order chi connectivity index (χ1) is 35.0. The summed E-state index contributed by atoms with van der Waals surface area (Å²) in [6.45, 7) is 6.51. The second-order valence-corrected chi connectivity index (χ2v) is 19.5. The van der Waals surface area contributed by atoms with E-state index in [9.17, 15) is 34.1 Å². The topological polar surface area (TPSA) is 251 Å². The molecular formula is C51H61FN7O13P. The van der Waals surface area contributed by atoms with Crippen LogP contribution in [0.25, 0.3) is 0 Å². The Morgan fingerprint density at radius 3 is 1.82 bits per heavy atom. The van der Waals surface area contributed by atoms with Crippen molar-refractivity contribution in [3.05, 3.63) is 162 Å². The van der Waals surface area contributed by atoms with Gasteiger partial charge in [0, 0.05) is 68.5 Å². The fourth-order valence-corrected chi connectivity index (χ4v) is 11.0. The summed E-state index contributed by atoms with van der Waals surface area (Å²) in [7, 11) is 2.32. The van der Waals surface area contributed by atoms with Gasteiger partial charge in [-0.1, -0.05) is 54.6 Å². The summed E-state index contributed by atoms with van der Waals surface area (Å²) in [5.41, 5.74) is -2.26. The minimum Gasteiger partial charge on any atom is -0.497 e. The summed E-state index contributed by atoms with van der Waals surface area (Å²) >= 11 is 0. The molecule has 4 N–H and O–H groups in total. The molecule has 390 valence electrons. The van der Waals surface area contributed by atoms with Crippen molar-refractivity contribution in [2.75, 3.05) is 41.1 Å². The van der Waals surface area contributed by atoms with Gasteiger partial charge in [0.25, 0.3) is 19.6 Å². The lowest BCUT2D eigenvalue weighted by Gasteiger charge is -2.37. The van der Waals surface area contributed by atoms with Crippen molar-refractivity contribution >= 4 is 14.4 Å². The highest BCUT2D eigenvalue weighted by atomic mass is 31.2. The van der Waals surface area contributed by atoms with Gasteiger partial charge < -0.3 is 43.2 Å². The number of rotatable bonds is 22. The van der Waals surface area contributed by atoms with Crippen LogP contribution in [0.1, 0.15) is 63.3 Å². The van der Waals surface area contributed by atoms with E-state index in [-0.39, 0.29) is 31.7 Å². The molecule has 1 amide bonds. The van der Waals surface area contributed by atoms with Crippen LogP contribution >= 0.6 is 8.53 Å². The summed E-state index contributed by atoms with van der Waals surface area (Å²) in [5.74, 6) is -2.80. The number of methoxy groups -OCH3 is 3. The maximum Gasteiger partial charge on any atom is 0.330 e. The van der Waals surface area contributed by atoms with Gasteiger partial charge in [-0.2, -0.15) is 5.26 Å².